The van der Waals surface area contributed by atoms with Gasteiger partial charge in [-0.2, -0.15) is 0 Å². The van der Waals surface area contributed by atoms with Gasteiger partial charge in [0.15, 0.2) is 0 Å². The number of nitrogens with one attached hydrogen (secondary N) is 1. The summed E-state index contributed by atoms with van der Waals surface area (Å²) in [5, 5.41) is 11.9. The molecule has 0 bridgehead atoms. The summed E-state index contributed by atoms with van der Waals surface area (Å²) in [4.78, 5) is 16.7. The Labute approximate surface area is 176 Å². The van der Waals surface area contributed by atoms with Crippen LogP contribution in [0.5, 0.6) is 0 Å². The second-order valence-corrected chi connectivity index (χ2v) is 9.11. The lowest BCUT2D eigenvalue weighted by Gasteiger charge is -2.29. The largest absolute Gasteiger partial charge is 0.371 e. The van der Waals surface area contributed by atoms with E-state index in [-0.39, 0.29) is 24.2 Å². The molecule has 1 saturated carbocycles. The van der Waals surface area contributed by atoms with Gasteiger partial charge in [-0.05, 0) is 31.4 Å². The fourth-order valence-corrected chi connectivity index (χ4v) is 5.11. The molecule has 160 valence electrons. The Morgan fingerprint density at radius 1 is 1.30 bits per heavy atom. The van der Waals surface area contributed by atoms with Crippen molar-refractivity contribution in [1.29, 1.82) is 0 Å². The maximum atomic E-state index is 12.6. The second kappa shape index (κ2) is 8.07. The second-order valence-electron chi connectivity index (χ2n) is 9.11. The zero-order valence-electron chi connectivity index (χ0n) is 17.4. The minimum Gasteiger partial charge on any atom is -0.371 e. The Balaban J connectivity index is 1.25. The van der Waals surface area contributed by atoms with Crippen LogP contribution in [0.3, 0.4) is 0 Å². The quantitative estimate of drug-likeness (QED) is 0.812. The minimum absolute atomic E-state index is 0.0280. The lowest BCUT2D eigenvalue weighted by atomic mass is 9.86. The molecule has 4 atom stereocenters. The van der Waals surface area contributed by atoms with Gasteiger partial charge in [-0.25, -0.2) is 4.68 Å². The van der Waals surface area contributed by atoms with Gasteiger partial charge in [-0.15, -0.1) is 5.10 Å². The number of hydrogen-bond acceptors (Lipinski definition) is 6. The van der Waals surface area contributed by atoms with Crippen LogP contribution in [0.25, 0.3) is 0 Å². The van der Waals surface area contributed by atoms with Gasteiger partial charge < -0.3 is 14.8 Å². The Bertz CT molecular complexity index is 882. The maximum Gasteiger partial charge on any atom is 0.253 e. The average molecular weight is 412 g/mol. The van der Waals surface area contributed by atoms with Crippen LogP contribution in [0.1, 0.15) is 61.1 Å². The summed E-state index contributed by atoms with van der Waals surface area (Å²) in [6, 6.07) is 3.48. The highest BCUT2D eigenvalue weighted by atomic mass is 16.6. The molecule has 1 aliphatic carbocycles. The fraction of sp³-hybridized carbons (Fsp3) is 0.636. The van der Waals surface area contributed by atoms with Gasteiger partial charge in [0.05, 0.1) is 30.0 Å². The Hall–Kier alpha value is -2.32. The smallest absolute Gasteiger partial charge is 0.253 e. The molecule has 2 aromatic rings. The number of nitrogens with zero attached hydrogens (tertiary/aromatic N) is 4. The molecule has 1 amide bonds. The zero-order chi connectivity index (χ0) is 20.6. The molecule has 2 aromatic heterocycles. The van der Waals surface area contributed by atoms with Crippen LogP contribution < -0.4 is 5.32 Å². The van der Waals surface area contributed by atoms with Crippen LogP contribution in [-0.4, -0.2) is 56.8 Å². The number of carbonyl (C=O) groups excluding carboxylic acids is 1. The fourth-order valence-electron chi connectivity index (χ4n) is 5.11. The predicted molar refractivity (Wildman–Crippen MR) is 109 cm³/mol. The molecule has 3 aliphatic rings. The summed E-state index contributed by atoms with van der Waals surface area (Å²) in [5.74, 6) is 0.558. The van der Waals surface area contributed by atoms with E-state index in [0.29, 0.717) is 18.8 Å². The van der Waals surface area contributed by atoms with E-state index < -0.39 is 5.54 Å². The SMILES string of the molecule is C[C@]1(NC(=O)c2cccnc2)CO[C@@H]2[C@@H](n3cc(CC4CCCCC4)nn3)CO[C@@H]21. The van der Waals surface area contributed by atoms with Crippen molar-refractivity contribution in [2.45, 2.75) is 69.2 Å². The molecular formula is C22H29N5O3. The summed E-state index contributed by atoms with van der Waals surface area (Å²) < 4.78 is 14.1. The van der Waals surface area contributed by atoms with Crippen LogP contribution in [0.4, 0.5) is 0 Å². The highest BCUT2D eigenvalue weighted by Crippen LogP contribution is 2.39. The number of aromatic nitrogens is 4. The van der Waals surface area contributed by atoms with Gasteiger partial charge in [0.1, 0.15) is 18.2 Å². The van der Waals surface area contributed by atoms with Gasteiger partial charge in [-0.3, -0.25) is 9.78 Å². The van der Waals surface area contributed by atoms with E-state index in [1.807, 2.05) is 11.6 Å². The first-order chi connectivity index (χ1) is 14.6. The third-order valence-electron chi connectivity index (χ3n) is 6.77. The van der Waals surface area contributed by atoms with Crippen molar-refractivity contribution < 1.29 is 14.3 Å². The highest BCUT2D eigenvalue weighted by molar-refractivity contribution is 5.94. The molecule has 5 rings (SSSR count). The van der Waals surface area contributed by atoms with Crippen molar-refractivity contribution in [2.24, 2.45) is 5.92 Å². The molecule has 30 heavy (non-hydrogen) atoms. The molecule has 3 fully saturated rings. The Kier molecular flexibility index (Phi) is 5.28. The number of fused-ring (bicyclic) bond motifs is 1. The summed E-state index contributed by atoms with van der Waals surface area (Å²) in [5.41, 5.74) is 0.981. The van der Waals surface area contributed by atoms with E-state index >= 15 is 0 Å². The first-order valence-electron chi connectivity index (χ1n) is 11.0. The maximum absolute atomic E-state index is 12.6. The van der Waals surface area contributed by atoms with Crippen LogP contribution in [-0.2, 0) is 15.9 Å². The van der Waals surface area contributed by atoms with Gasteiger partial charge in [0.2, 0.25) is 0 Å². The van der Waals surface area contributed by atoms with Crippen molar-refractivity contribution in [3.05, 3.63) is 42.0 Å². The number of carbonyl (C=O) groups is 1. The van der Waals surface area contributed by atoms with Crippen molar-refractivity contribution in [2.75, 3.05) is 13.2 Å². The van der Waals surface area contributed by atoms with Crippen LogP contribution in [0, 0.1) is 5.92 Å². The lowest BCUT2D eigenvalue weighted by Crippen LogP contribution is -2.55. The predicted octanol–water partition coefficient (Wildman–Crippen LogP) is 2.32. The van der Waals surface area contributed by atoms with E-state index in [1.165, 1.54) is 32.1 Å². The van der Waals surface area contributed by atoms with Crippen LogP contribution in [0.15, 0.2) is 30.7 Å². The van der Waals surface area contributed by atoms with Crippen LogP contribution >= 0.6 is 0 Å². The van der Waals surface area contributed by atoms with Crippen molar-refractivity contribution in [1.82, 2.24) is 25.3 Å². The van der Waals surface area contributed by atoms with Gasteiger partial charge >= 0.3 is 0 Å². The minimum atomic E-state index is -0.599. The molecular weight excluding hydrogens is 382 g/mol. The molecule has 1 N–H and O–H groups in total. The number of pyridine rings is 1. The van der Waals surface area contributed by atoms with Crippen molar-refractivity contribution in [3.8, 4) is 0 Å². The van der Waals surface area contributed by atoms with Gasteiger partial charge in [0.25, 0.3) is 5.91 Å². The molecule has 8 heteroatoms. The molecule has 8 nitrogen and oxygen atoms in total. The first kappa shape index (κ1) is 19.6. The molecule has 2 aliphatic heterocycles. The van der Waals surface area contributed by atoms with Gasteiger partial charge in [-0.1, -0.05) is 37.3 Å². The highest BCUT2D eigenvalue weighted by Gasteiger charge is 2.55. The molecule has 0 radical (unpaired) electrons. The van der Waals surface area contributed by atoms with E-state index in [4.69, 9.17) is 9.47 Å². The molecule has 0 aromatic carbocycles. The van der Waals surface area contributed by atoms with Crippen LogP contribution in [0.2, 0.25) is 0 Å². The Morgan fingerprint density at radius 2 is 2.17 bits per heavy atom. The monoisotopic (exact) mass is 411 g/mol. The third-order valence-corrected chi connectivity index (χ3v) is 6.77. The van der Waals surface area contributed by atoms with Crippen molar-refractivity contribution in [3.63, 3.8) is 0 Å². The van der Waals surface area contributed by atoms with E-state index in [9.17, 15) is 4.79 Å². The third kappa shape index (κ3) is 3.74. The topological polar surface area (TPSA) is 91.2 Å². The Morgan fingerprint density at radius 3 is 2.97 bits per heavy atom. The van der Waals surface area contributed by atoms with Gasteiger partial charge in [0, 0.05) is 18.6 Å². The summed E-state index contributed by atoms with van der Waals surface area (Å²) in [6.07, 6.45) is 12.5. The zero-order valence-corrected chi connectivity index (χ0v) is 17.4. The van der Waals surface area contributed by atoms with E-state index in [2.05, 4.69) is 26.8 Å². The molecule has 4 heterocycles. The average Bonchev–Trinajstić information content (AvgIpc) is 3.47. The first-order valence-corrected chi connectivity index (χ1v) is 11.0. The number of hydrogen-bond donors (Lipinski definition) is 1. The van der Waals surface area contributed by atoms with Crippen molar-refractivity contribution >= 4 is 5.91 Å². The van der Waals surface area contributed by atoms with E-state index in [1.54, 1.807) is 24.5 Å². The van der Waals surface area contributed by atoms with E-state index in [0.717, 1.165) is 18.0 Å². The number of ether oxygens (including phenoxy) is 2. The number of rotatable bonds is 5. The standard InChI is InChI=1S/C22H29N5O3/c1-22(24-21(28)16-8-5-9-23-11-16)14-30-19-18(13-29-20(19)22)27-12-17(25-26-27)10-15-6-3-2-4-7-15/h5,8-9,11-12,15,18-20H,2-4,6-7,10,13-14H2,1H3,(H,24,28)/t18-,19+,20-,22-/m0/s1. The number of amides is 1. The summed E-state index contributed by atoms with van der Waals surface area (Å²) in [7, 11) is 0. The summed E-state index contributed by atoms with van der Waals surface area (Å²) in [6.45, 7) is 2.87. The molecule has 2 saturated heterocycles. The lowest BCUT2D eigenvalue weighted by molar-refractivity contribution is 0.0459. The molecule has 0 unspecified atom stereocenters. The normalized spacial score (nSPS) is 31.6. The summed E-state index contributed by atoms with van der Waals surface area (Å²) >= 11 is 0. The molecule has 0 spiro atoms.